The predicted octanol–water partition coefficient (Wildman–Crippen LogP) is 5.00. The summed E-state index contributed by atoms with van der Waals surface area (Å²) in [5, 5.41) is 0.748. The average molecular weight is 359 g/mol. The highest BCUT2D eigenvalue weighted by Gasteiger charge is 2.08. The van der Waals surface area contributed by atoms with E-state index in [1.807, 2.05) is 44.3 Å². The maximum absolute atomic E-state index is 5.99. The van der Waals surface area contributed by atoms with E-state index in [1.165, 1.54) is 0 Å². The number of aryl methyl sites for hydroxylation is 2. The summed E-state index contributed by atoms with van der Waals surface area (Å²) >= 11 is 1.64. The van der Waals surface area contributed by atoms with Crippen molar-refractivity contribution in [2.45, 2.75) is 39.3 Å². The Morgan fingerprint density at radius 1 is 1.24 bits per heavy atom. The SMILES string of the molecule is CCCSc1nccc(Oc2cc(C)c(/N=C/N(C)CC)cc2C)n1. The second kappa shape index (κ2) is 9.42. The maximum atomic E-state index is 5.99. The molecule has 0 fully saturated rings. The molecule has 0 atom stereocenters. The van der Waals surface area contributed by atoms with E-state index in [9.17, 15) is 0 Å². The highest BCUT2D eigenvalue weighted by molar-refractivity contribution is 7.99. The van der Waals surface area contributed by atoms with Crippen LogP contribution in [0.1, 0.15) is 31.4 Å². The van der Waals surface area contributed by atoms with Gasteiger partial charge in [-0.05, 0) is 50.5 Å². The lowest BCUT2D eigenvalue weighted by Gasteiger charge is -2.12. The Morgan fingerprint density at radius 2 is 2.04 bits per heavy atom. The molecule has 0 aliphatic rings. The number of thioether (sulfide) groups is 1. The molecule has 0 saturated heterocycles. The lowest BCUT2D eigenvalue weighted by Crippen LogP contribution is -2.14. The van der Waals surface area contributed by atoms with Crippen LogP contribution in [0.5, 0.6) is 11.6 Å². The molecule has 0 radical (unpaired) electrons. The summed E-state index contributed by atoms with van der Waals surface area (Å²) in [6.07, 6.45) is 4.68. The molecule has 0 bridgehead atoms. The van der Waals surface area contributed by atoms with Gasteiger partial charge in [-0.2, -0.15) is 4.98 Å². The monoisotopic (exact) mass is 358 g/mol. The van der Waals surface area contributed by atoms with Crippen molar-refractivity contribution < 1.29 is 4.74 Å². The smallest absolute Gasteiger partial charge is 0.223 e. The second-order valence-electron chi connectivity index (χ2n) is 5.85. The van der Waals surface area contributed by atoms with Gasteiger partial charge in [0.2, 0.25) is 5.88 Å². The Kier molecular flexibility index (Phi) is 7.25. The van der Waals surface area contributed by atoms with Crippen LogP contribution < -0.4 is 4.74 Å². The molecule has 0 amide bonds. The van der Waals surface area contributed by atoms with Gasteiger partial charge in [-0.15, -0.1) is 0 Å². The molecule has 1 aromatic carbocycles. The van der Waals surface area contributed by atoms with E-state index < -0.39 is 0 Å². The normalized spacial score (nSPS) is 11.1. The topological polar surface area (TPSA) is 50.6 Å². The Bertz CT molecular complexity index is 733. The van der Waals surface area contributed by atoms with Crippen LogP contribution >= 0.6 is 11.8 Å². The molecule has 1 heterocycles. The number of ether oxygens (including phenoxy) is 1. The van der Waals surface area contributed by atoms with Gasteiger partial charge in [-0.25, -0.2) is 9.98 Å². The fraction of sp³-hybridized carbons (Fsp3) is 0.421. The molecule has 0 N–H and O–H groups in total. The lowest BCUT2D eigenvalue weighted by molar-refractivity contribution is 0.452. The average Bonchev–Trinajstić information content (AvgIpc) is 2.61. The Labute approximate surface area is 154 Å². The van der Waals surface area contributed by atoms with Crippen LogP contribution in [-0.4, -0.2) is 40.6 Å². The van der Waals surface area contributed by atoms with E-state index in [0.717, 1.165) is 46.4 Å². The fourth-order valence-electron chi connectivity index (χ4n) is 2.02. The van der Waals surface area contributed by atoms with E-state index in [-0.39, 0.29) is 0 Å². The molecule has 134 valence electrons. The molecule has 0 saturated carbocycles. The van der Waals surface area contributed by atoms with E-state index in [0.29, 0.717) is 5.88 Å². The number of nitrogens with zero attached hydrogens (tertiary/aromatic N) is 4. The van der Waals surface area contributed by atoms with Gasteiger partial charge in [0.05, 0.1) is 12.0 Å². The standard InChI is InChI=1S/C19H26N4OS/c1-6-10-25-19-20-9-8-18(22-19)24-17-12-14(3)16(11-15(17)4)21-13-23(5)7-2/h8-9,11-13H,6-7,10H2,1-5H3/b21-13+. The zero-order valence-electron chi connectivity index (χ0n) is 15.6. The summed E-state index contributed by atoms with van der Waals surface area (Å²) in [5.74, 6) is 2.36. The number of rotatable bonds is 8. The highest BCUT2D eigenvalue weighted by Crippen LogP contribution is 2.31. The summed E-state index contributed by atoms with van der Waals surface area (Å²) in [5.41, 5.74) is 3.04. The van der Waals surface area contributed by atoms with Crippen molar-refractivity contribution in [3.05, 3.63) is 35.5 Å². The van der Waals surface area contributed by atoms with Crippen LogP contribution in [0.25, 0.3) is 0 Å². The van der Waals surface area contributed by atoms with Crippen LogP contribution in [0.4, 0.5) is 5.69 Å². The third-order valence-electron chi connectivity index (χ3n) is 3.64. The first-order valence-electron chi connectivity index (χ1n) is 8.52. The third kappa shape index (κ3) is 5.74. The van der Waals surface area contributed by atoms with Crippen LogP contribution in [0.3, 0.4) is 0 Å². The van der Waals surface area contributed by atoms with E-state index in [4.69, 9.17) is 4.74 Å². The Morgan fingerprint density at radius 3 is 2.76 bits per heavy atom. The summed E-state index contributed by atoms with van der Waals surface area (Å²) < 4.78 is 5.99. The lowest BCUT2D eigenvalue weighted by atomic mass is 10.1. The number of benzene rings is 1. The highest BCUT2D eigenvalue weighted by atomic mass is 32.2. The van der Waals surface area contributed by atoms with Gasteiger partial charge in [-0.1, -0.05) is 18.7 Å². The molecule has 5 nitrogen and oxygen atoms in total. The van der Waals surface area contributed by atoms with Crippen molar-refractivity contribution in [1.29, 1.82) is 0 Å². The predicted molar refractivity (Wildman–Crippen MR) is 105 cm³/mol. The summed E-state index contributed by atoms with van der Waals surface area (Å²) in [6.45, 7) is 9.21. The molecule has 0 unspecified atom stereocenters. The van der Waals surface area contributed by atoms with Gasteiger partial charge in [0.1, 0.15) is 5.75 Å². The van der Waals surface area contributed by atoms with Crippen molar-refractivity contribution in [1.82, 2.24) is 14.9 Å². The first kappa shape index (κ1) is 19.2. The molecule has 2 aromatic rings. The fourth-order valence-corrected chi connectivity index (χ4v) is 2.70. The van der Waals surface area contributed by atoms with Crippen molar-refractivity contribution in [3.63, 3.8) is 0 Å². The number of hydrogen-bond donors (Lipinski definition) is 0. The zero-order chi connectivity index (χ0) is 18.2. The zero-order valence-corrected chi connectivity index (χ0v) is 16.4. The van der Waals surface area contributed by atoms with Gasteiger partial charge < -0.3 is 9.64 Å². The number of aromatic nitrogens is 2. The first-order chi connectivity index (χ1) is 12.0. The molecule has 0 spiro atoms. The third-order valence-corrected chi connectivity index (χ3v) is 4.71. The van der Waals surface area contributed by atoms with Gasteiger partial charge >= 0.3 is 0 Å². The maximum Gasteiger partial charge on any atom is 0.223 e. The quantitative estimate of drug-likeness (QED) is 0.288. The molecular formula is C19H26N4OS. The second-order valence-corrected chi connectivity index (χ2v) is 6.91. The van der Waals surface area contributed by atoms with Gasteiger partial charge in [-0.3, -0.25) is 0 Å². The van der Waals surface area contributed by atoms with Gasteiger partial charge in [0.15, 0.2) is 5.16 Å². The minimum Gasteiger partial charge on any atom is -0.439 e. The molecule has 25 heavy (non-hydrogen) atoms. The van der Waals surface area contributed by atoms with E-state index in [1.54, 1.807) is 24.0 Å². The molecule has 1 aromatic heterocycles. The minimum atomic E-state index is 0.568. The molecule has 0 aliphatic carbocycles. The largest absolute Gasteiger partial charge is 0.439 e. The molecule has 6 heteroatoms. The number of hydrogen-bond acceptors (Lipinski definition) is 5. The van der Waals surface area contributed by atoms with Crippen molar-refractivity contribution >= 4 is 23.8 Å². The van der Waals surface area contributed by atoms with Gasteiger partial charge in [0.25, 0.3) is 0 Å². The van der Waals surface area contributed by atoms with Crippen LogP contribution in [0.15, 0.2) is 34.5 Å². The Balaban J connectivity index is 2.18. The summed E-state index contributed by atoms with van der Waals surface area (Å²) in [4.78, 5) is 15.3. The molecule has 0 aliphatic heterocycles. The van der Waals surface area contributed by atoms with E-state index >= 15 is 0 Å². The van der Waals surface area contributed by atoms with Gasteiger partial charge in [0, 0.05) is 31.6 Å². The summed E-state index contributed by atoms with van der Waals surface area (Å²) in [7, 11) is 2.01. The van der Waals surface area contributed by atoms with E-state index in [2.05, 4.69) is 28.8 Å². The van der Waals surface area contributed by atoms with Crippen LogP contribution in [-0.2, 0) is 0 Å². The van der Waals surface area contributed by atoms with Crippen molar-refractivity contribution in [3.8, 4) is 11.6 Å². The first-order valence-corrected chi connectivity index (χ1v) is 9.51. The number of aliphatic imine (C=N–C) groups is 1. The van der Waals surface area contributed by atoms with Crippen LogP contribution in [0.2, 0.25) is 0 Å². The van der Waals surface area contributed by atoms with Crippen molar-refractivity contribution in [2.75, 3.05) is 19.3 Å². The Hall–Kier alpha value is -2.08. The molecular weight excluding hydrogens is 332 g/mol. The minimum absolute atomic E-state index is 0.568. The summed E-state index contributed by atoms with van der Waals surface area (Å²) in [6, 6.07) is 5.83. The molecule has 2 rings (SSSR count). The van der Waals surface area contributed by atoms with Crippen LogP contribution in [0, 0.1) is 13.8 Å². The van der Waals surface area contributed by atoms with Crippen molar-refractivity contribution in [2.24, 2.45) is 4.99 Å².